The lowest BCUT2D eigenvalue weighted by Gasteiger charge is -2.25. The number of thioether (sulfide) groups is 1. The molecule has 1 amide bonds. The summed E-state index contributed by atoms with van der Waals surface area (Å²) in [5, 5.41) is 0.230. The number of rotatable bonds is 2. The lowest BCUT2D eigenvalue weighted by Crippen LogP contribution is -2.38. The summed E-state index contributed by atoms with van der Waals surface area (Å²) >= 11 is 1.30. The van der Waals surface area contributed by atoms with Crippen molar-refractivity contribution in [3.63, 3.8) is 0 Å². The Labute approximate surface area is 157 Å². The van der Waals surface area contributed by atoms with Gasteiger partial charge in [0.05, 0.1) is 23.2 Å². The van der Waals surface area contributed by atoms with Crippen molar-refractivity contribution in [2.45, 2.75) is 43.4 Å². The van der Waals surface area contributed by atoms with Crippen LogP contribution in [0.25, 0.3) is 0 Å². The highest BCUT2D eigenvalue weighted by Crippen LogP contribution is 2.42. The highest BCUT2D eigenvalue weighted by molar-refractivity contribution is 8.16. The van der Waals surface area contributed by atoms with Crippen molar-refractivity contribution in [2.75, 3.05) is 16.4 Å². The summed E-state index contributed by atoms with van der Waals surface area (Å²) in [4.78, 5) is 18.6. The van der Waals surface area contributed by atoms with E-state index in [9.17, 15) is 17.6 Å². The van der Waals surface area contributed by atoms with Gasteiger partial charge >= 0.3 is 0 Å². The normalized spacial score (nSPS) is 29.9. The molecule has 2 atom stereocenters. The van der Waals surface area contributed by atoms with Gasteiger partial charge in [0.2, 0.25) is 0 Å². The molecule has 1 aliphatic carbocycles. The molecule has 8 heteroatoms. The van der Waals surface area contributed by atoms with E-state index >= 15 is 0 Å². The van der Waals surface area contributed by atoms with Gasteiger partial charge < -0.3 is 4.90 Å². The molecule has 2 heterocycles. The van der Waals surface area contributed by atoms with Crippen LogP contribution in [0.5, 0.6) is 0 Å². The quantitative estimate of drug-likeness (QED) is 0.769. The van der Waals surface area contributed by atoms with E-state index in [4.69, 9.17) is 0 Å². The van der Waals surface area contributed by atoms with Crippen LogP contribution in [0.4, 0.5) is 10.1 Å². The molecular weight excluding hydrogens is 375 g/mol. The van der Waals surface area contributed by atoms with E-state index in [0.29, 0.717) is 10.9 Å². The summed E-state index contributed by atoms with van der Waals surface area (Å²) in [6.07, 6.45) is 4.92. The summed E-state index contributed by atoms with van der Waals surface area (Å²) < 4.78 is 38.5. The fraction of sp³-hybridized carbons (Fsp3) is 0.556. The second-order valence-electron chi connectivity index (χ2n) is 7.19. The zero-order valence-electron chi connectivity index (χ0n) is 14.3. The Morgan fingerprint density at radius 3 is 2.62 bits per heavy atom. The molecule has 1 saturated carbocycles. The molecule has 0 radical (unpaired) electrons. The van der Waals surface area contributed by atoms with Crippen LogP contribution in [0.3, 0.4) is 0 Å². The minimum Gasteiger partial charge on any atom is -0.313 e. The summed E-state index contributed by atoms with van der Waals surface area (Å²) in [7, 11) is -3.16. The van der Waals surface area contributed by atoms with Crippen molar-refractivity contribution >= 4 is 38.4 Å². The maximum Gasteiger partial charge on any atom is 0.251 e. The number of amidine groups is 1. The SMILES string of the molecule is O=C(N=C1S[C@H]2CS(=O)(=O)C[C@@H]2N1c1ccccc1F)C1CCCCC1. The summed E-state index contributed by atoms with van der Waals surface area (Å²) in [5.74, 6) is -0.643. The lowest BCUT2D eigenvalue weighted by molar-refractivity contribution is -0.122. The van der Waals surface area contributed by atoms with Crippen LogP contribution in [0.15, 0.2) is 29.3 Å². The molecule has 26 heavy (non-hydrogen) atoms. The first-order chi connectivity index (χ1) is 12.4. The van der Waals surface area contributed by atoms with Crippen molar-refractivity contribution in [1.82, 2.24) is 0 Å². The Kier molecular flexibility index (Phi) is 4.81. The molecule has 4 rings (SSSR count). The number of anilines is 1. The van der Waals surface area contributed by atoms with Crippen LogP contribution in [0, 0.1) is 11.7 Å². The minimum absolute atomic E-state index is 0.0321. The number of hydrogen-bond donors (Lipinski definition) is 0. The third-order valence-electron chi connectivity index (χ3n) is 5.34. The number of carbonyl (C=O) groups is 1. The fourth-order valence-electron chi connectivity index (χ4n) is 4.03. The van der Waals surface area contributed by atoms with E-state index in [1.807, 2.05) is 0 Å². The Hall–Kier alpha value is -1.41. The number of nitrogens with zero attached hydrogens (tertiary/aromatic N) is 2. The van der Waals surface area contributed by atoms with Crippen molar-refractivity contribution in [2.24, 2.45) is 10.9 Å². The molecule has 0 unspecified atom stereocenters. The number of sulfone groups is 1. The van der Waals surface area contributed by atoms with E-state index in [-0.39, 0.29) is 34.6 Å². The molecule has 0 N–H and O–H groups in total. The topological polar surface area (TPSA) is 66.8 Å². The maximum atomic E-state index is 14.4. The number of amides is 1. The number of hydrogen-bond acceptors (Lipinski definition) is 4. The van der Waals surface area contributed by atoms with Gasteiger partial charge in [0.15, 0.2) is 15.0 Å². The predicted molar refractivity (Wildman–Crippen MR) is 102 cm³/mol. The van der Waals surface area contributed by atoms with Crippen molar-refractivity contribution < 1.29 is 17.6 Å². The fourth-order valence-corrected chi connectivity index (χ4v) is 7.94. The molecule has 1 aromatic carbocycles. The van der Waals surface area contributed by atoms with Gasteiger partial charge in [0.25, 0.3) is 5.91 Å². The molecule has 3 fully saturated rings. The number of carbonyl (C=O) groups excluding carboxylic acids is 1. The summed E-state index contributed by atoms with van der Waals surface area (Å²) in [6.45, 7) is 0. The standard InChI is InChI=1S/C18H21FN2O3S2/c19-13-8-4-5-9-14(13)21-15-10-26(23,24)11-16(15)25-18(21)20-17(22)12-6-2-1-3-7-12/h4-5,8-9,12,15-16H,1-3,6-7,10-11H2/t15-,16-/m0/s1. The van der Waals surface area contributed by atoms with Gasteiger partial charge in [-0.25, -0.2) is 12.8 Å². The smallest absolute Gasteiger partial charge is 0.251 e. The molecule has 2 saturated heterocycles. The molecule has 0 aromatic heterocycles. The Bertz CT molecular complexity index is 850. The Morgan fingerprint density at radius 2 is 1.88 bits per heavy atom. The third kappa shape index (κ3) is 3.41. The molecular formula is C18H21FN2O3S2. The van der Waals surface area contributed by atoms with Crippen LogP contribution >= 0.6 is 11.8 Å². The second kappa shape index (κ2) is 6.96. The van der Waals surface area contributed by atoms with Gasteiger partial charge in [-0.05, 0) is 25.0 Å². The van der Waals surface area contributed by atoms with Crippen molar-refractivity contribution in [3.05, 3.63) is 30.1 Å². The number of fused-ring (bicyclic) bond motifs is 1. The van der Waals surface area contributed by atoms with Crippen molar-refractivity contribution in [3.8, 4) is 0 Å². The number of benzene rings is 1. The Morgan fingerprint density at radius 1 is 1.15 bits per heavy atom. The van der Waals surface area contributed by atoms with Crippen molar-refractivity contribution in [1.29, 1.82) is 0 Å². The van der Waals surface area contributed by atoms with Gasteiger partial charge in [-0.15, -0.1) is 0 Å². The Balaban J connectivity index is 1.68. The maximum absolute atomic E-state index is 14.4. The zero-order chi connectivity index (χ0) is 18.3. The average Bonchev–Trinajstić information content (AvgIpc) is 3.07. The molecule has 0 bridgehead atoms. The van der Waals surface area contributed by atoms with E-state index in [2.05, 4.69) is 4.99 Å². The molecule has 5 nitrogen and oxygen atoms in total. The van der Waals surface area contributed by atoms with Crippen LogP contribution in [-0.2, 0) is 14.6 Å². The van der Waals surface area contributed by atoms with Crippen LogP contribution < -0.4 is 4.90 Å². The number of para-hydroxylation sites is 1. The first-order valence-electron chi connectivity index (χ1n) is 8.98. The average molecular weight is 397 g/mol. The first kappa shape index (κ1) is 18.0. The van der Waals surface area contributed by atoms with Gasteiger partial charge in [-0.1, -0.05) is 43.2 Å². The highest BCUT2D eigenvalue weighted by atomic mass is 32.2. The molecule has 1 aromatic rings. The monoisotopic (exact) mass is 396 g/mol. The minimum atomic E-state index is -3.16. The molecule has 140 valence electrons. The predicted octanol–water partition coefficient (Wildman–Crippen LogP) is 3.01. The third-order valence-corrected chi connectivity index (χ3v) is 8.55. The zero-order valence-corrected chi connectivity index (χ0v) is 15.9. The first-order valence-corrected chi connectivity index (χ1v) is 11.7. The van der Waals surface area contributed by atoms with Gasteiger partial charge in [0.1, 0.15) is 5.82 Å². The summed E-state index contributed by atoms with van der Waals surface area (Å²) in [6, 6.07) is 5.89. The number of halogens is 1. The highest BCUT2D eigenvalue weighted by Gasteiger charge is 2.50. The van der Waals surface area contributed by atoms with Gasteiger partial charge in [-0.2, -0.15) is 4.99 Å². The van der Waals surface area contributed by atoms with Crippen LogP contribution in [0.2, 0.25) is 0 Å². The van der Waals surface area contributed by atoms with E-state index in [1.165, 1.54) is 17.8 Å². The lowest BCUT2D eigenvalue weighted by atomic mass is 9.89. The van der Waals surface area contributed by atoms with E-state index in [1.54, 1.807) is 23.1 Å². The molecule has 2 aliphatic heterocycles. The molecule has 3 aliphatic rings. The van der Waals surface area contributed by atoms with E-state index in [0.717, 1.165) is 32.1 Å². The van der Waals surface area contributed by atoms with E-state index < -0.39 is 15.7 Å². The molecule has 0 spiro atoms. The van der Waals surface area contributed by atoms with Gasteiger partial charge in [-0.3, -0.25) is 4.79 Å². The number of aliphatic imine (C=N–C) groups is 1. The van der Waals surface area contributed by atoms with Crippen LogP contribution in [0.1, 0.15) is 32.1 Å². The largest absolute Gasteiger partial charge is 0.313 e. The van der Waals surface area contributed by atoms with Gasteiger partial charge in [0, 0.05) is 11.2 Å². The second-order valence-corrected chi connectivity index (χ2v) is 10.5. The van der Waals surface area contributed by atoms with Crippen LogP contribution in [-0.4, -0.2) is 42.3 Å². The summed E-state index contributed by atoms with van der Waals surface area (Å²) in [5.41, 5.74) is 0.291.